The molecule has 0 radical (unpaired) electrons. The van der Waals surface area contributed by atoms with Gasteiger partial charge >= 0.3 is 0 Å². The van der Waals surface area contributed by atoms with Crippen LogP contribution in [0.2, 0.25) is 5.02 Å². The second kappa shape index (κ2) is 2.68. The van der Waals surface area contributed by atoms with Gasteiger partial charge in [0.25, 0.3) is 0 Å². The van der Waals surface area contributed by atoms with Gasteiger partial charge in [0, 0.05) is 0 Å². The molecule has 0 spiro atoms. The number of thiol groups is 1. The third kappa shape index (κ3) is 1.20. The van der Waals surface area contributed by atoms with Gasteiger partial charge in [-0.15, -0.1) is 12.6 Å². The second-order valence-corrected chi connectivity index (χ2v) is 2.65. The Kier molecular flexibility index (Phi) is 2.06. The summed E-state index contributed by atoms with van der Waals surface area (Å²) in [6.45, 7) is 0. The van der Waals surface area contributed by atoms with E-state index in [1.165, 1.54) is 12.1 Å². The van der Waals surface area contributed by atoms with Gasteiger partial charge < -0.3 is 5.73 Å². The van der Waals surface area contributed by atoms with E-state index >= 15 is 0 Å². The van der Waals surface area contributed by atoms with Gasteiger partial charge in [-0.25, -0.2) is 4.39 Å². The monoisotopic (exact) mass is 177 g/mol. The molecule has 1 aromatic carbocycles. The van der Waals surface area contributed by atoms with Crippen molar-refractivity contribution in [3.63, 3.8) is 0 Å². The molecular weight excluding hydrogens is 173 g/mol. The molecule has 1 aromatic rings. The van der Waals surface area contributed by atoms with Crippen LogP contribution in [0.3, 0.4) is 0 Å². The van der Waals surface area contributed by atoms with Gasteiger partial charge in [0.2, 0.25) is 0 Å². The summed E-state index contributed by atoms with van der Waals surface area (Å²) in [6, 6.07) is 2.62. The van der Waals surface area contributed by atoms with Gasteiger partial charge in [0.15, 0.2) is 0 Å². The standard InChI is InChI=1S/C6H5ClFNS/c7-3-1-2-4(8)6(10)5(3)9/h1-2,10H,9H2. The maximum atomic E-state index is 12.5. The summed E-state index contributed by atoms with van der Waals surface area (Å²) in [5.74, 6) is -0.453. The molecule has 0 aliphatic heterocycles. The Hall–Kier alpha value is -0.410. The Morgan fingerprint density at radius 3 is 2.60 bits per heavy atom. The first-order chi connectivity index (χ1) is 4.63. The maximum Gasteiger partial charge on any atom is 0.138 e. The fourth-order valence-corrected chi connectivity index (χ4v) is 0.975. The minimum absolute atomic E-state index is 0.104. The Balaban J connectivity index is 3.34. The van der Waals surface area contributed by atoms with Crippen molar-refractivity contribution in [3.8, 4) is 0 Å². The van der Waals surface area contributed by atoms with Crippen LogP contribution < -0.4 is 5.73 Å². The Morgan fingerprint density at radius 1 is 1.50 bits per heavy atom. The highest BCUT2D eigenvalue weighted by Gasteiger charge is 2.04. The molecule has 1 nitrogen and oxygen atoms in total. The summed E-state index contributed by atoms with van der Waals surface area (Å²) < 4.78 is 12.5. The third-order valence-electron chi connectivity index (χ3n) is 1.11. The summed E-state index contributed by atoms with van der Waals surface area (Å²) in [5, 5.41) is 0.325. The molecule has 1 rings (SSSR count). The average Bonchev–Trinajstić information content (AvgIpc) is 1.93. The molecule has 0 unspecified atom stereocenters. The molecule has 0 saturated heterocycles. The second-order valence-electron chi connectivity index (χ2n) is 1.79. The van der Waals surface area contributed by atoms with Crippen molar-refractivity contribution >= 4 is 29.9 Å². The number of benzene rings is 1. The van der Waals surface area contributed by atoms with E-state index < -0.39 is 5.82 Å². The first-order valence-electron chi connectivity index (χ1n) is 2.55. The lowest BCUT2D eigenvalue weighted by atomic mass is 10.3. The van der Waals surface area contributed by atoms with Crippen LogP contribution in [-0.4, -0.2) is 0 Å². The summed E-state index contributed by atoms with van der Waals surface area (Å²) >= 11 is 9.34. The zero-order valence-corrected chi connectivity index (χ0v) is 6.59. The first-order valence-corrected chi connectivity index (χ1v) is 3.38. The largest absolute Gasteiger partial charge is 0.397 e. The number of halogens is 2. The van der Waals surface area contributed by atoms with E-state index in [1.807, 2.05) is 0 Å². The van der Waals surface area contributed by atoms with Crippen LogP contribution in [0.15, 0.2) is 17.0 Å². The van der Waals surface area contributed by atoms with Crippen LogP contribution in [-0.2, 0) is 0 Å². The van der Waals surface area contributed by atoms with E-state index in [2.05, 4.69) is 12.6 Å². The predicted octanol–water partition coefficient (Wildman–Crippen LogP) is 2.35. The van der Waals surface area contributed by atoms with Crippen molar-refractivity contribution < 1.29 is 4.39 Å². The molecule has 0 fully saturated rings. The Labute approximate surface area is 68.4 Å². The number of nitrogen functional groups attached to an aromatic ring is 1. The van der Waals surface area contributed by atoms with Crippen molar-refractivity contribution in [2.24, 2.45) is 0 Å². The molecule has 2 N–H and O–H groups in total. The molecule has 0 aliphatic carbocycles. The minimum Gasteiger partial charge on any atom is -0.397 e. The van der Waals surface area contributed by atoms with E-state index in [0.29, 0.717) is 5.02 Å². The van der Waals surface area contributed by atoms with Crippen LogP contribution in [0, 0.1) is 5.82 Å². The van der Waals surface area contributed by atoms with Gasteiger partial charge in [-0.3, -0.25) is 0 Å². The summed E-state index contributed by atoms with van der Waals surface area (Å²) in [5.41, 5.74) is 5.52. The molecule has 0 amide bonds. The molecule has 0 saturated carbocycles. The Bertz CT molecular complexity index is 237. The van der Waals surface area contributed by atoms with Crippen LogP contribution in [0.1, 0.15) is 0 Å². The summed E-state index contributed by atoms with van der Waals surface area (Å²) in [6.07, 6.45) is 0. The quantitative estimate of drug-likeness (QED) is 0.462. The van der Waals surface area contributed by atoms with Gasteiger partial charge in [0.1, 0.15) is 5.82 Å². The molecule has 0 atom stereocenters. The van der Waals surface area contributed by atoms with Crippen LogP contribution >= 0.6 is 24.2 Å². The molecule has 10 heavy (non-hydrogen) atoms. The van der Waals surface area contributed by atoms with Gasteiger partial charge in [-0.05, 0) is 12.1 Å². The van der Waals surface area contributed by atoms with Crippen LogP contribution in [0.5, 0.6) is 0 Å². The molecule has 4 heteroatoms. The van der Waals surface area contributed by atoms with E-state index in [-0.39, 0.29) is 10.6 Å². The van der Waals surface area contributed by atoms with E-state index in [0.717, 1.165) is 0 Å². The van der Waals surface area contributed by atoms with Crippen molar-refractivity contribution in [1.29, 1.82) is 0 Å². The van der Waals surface area contributed by atoms with E-state index in [4.69, 9.17) is 17.3 Å². The molecule has 0 aromatic heterocycles. The summed E-state index contributed by atoms with van der Waals surface area (Å²) in [7, 11) is 0. The van der Waals surface area contributed by atoms with Crippen molar-refractivity contribution in [3.05, 3.63) is 23.0 Å². The SMILES string of the molecule is Nc1c(Cl)ccc(F)c1S. The van der Waals surface area contributed by atoms with Crippen LogP contribution in [0.4, 0.5) is 10.1 Å². The molecular formula is C6H5ClFNS. The average molecular weight is 178 g/mol. The van der Waals surface area contributed by atoms with Gasteiger partial charge in [0.05, 0.1) is 15.6 Å². The minimum atomic E-state index is -0.453. The van der Waals surface area contributed by atoms with Gasteiger partial charge in [-0.1, -0.05) is 11.6 Å². The normalized spacial score (nSPS) is 9.90. The Morgan fingerprint density at radius 2 is 2.10 bits per heavy atom. The fourth-order valence-electron chi connectivity index (χ4n) is 0.557. The number of nitrogens with two attached hydrogens (primary N) is 1. The topological polar surface area (TPSA) is 26.0 Å². The number of hydrogen-bond acceptors (Lipinski definition) is 2. The van der Waals surface area contributed by atoms with Gasteiger partial charge in [-0.2, -0.15) is 0 Å². The molecule has 0 aliphatic rings. The fraction of sp³-hybridized carbons (Fsp3) is 0. The zero-order valence-electron chi connectivity index (χ0n) is 4.94. The first kappa shape index (κ1) is 7.69. The van der Waals surface area contributed by atoms with E-state index in [1.54, 1.807) is 0 Å². The lowest BCUT2D eigenvalue weighted by molar-refractivity contribution is 0.604. The van der Waals surface area contributed by atoms with Crippen molar-refractivity contribution in [2.75, 3.05) is 5.73 Å². The maximum absolute atomic E-state index is 12.5. The lowest BCUT2D eigenvalue weighted by Gasteiger charge is -2.00. The lowest BCUT2D eigenvalue weighted by Crippen LogP contribution is -1.90. The highest BCUT2D eigenvalue weighted by atomic mass is 35.5. The van der Waals surface area contributed by atoms with Crippen LogP contribution in [0.25, 0.3) is 0 Å². The van der Waals surface area contributed by atoms with Crippen molar-refractivity contribution in [2.45, 2.75) is 4.90 Å². The number of rotatable bonds is 0. The molecule has 0 bridgehead atoms. The highest BCUT2D eigenvalue weighted by Crippen LogP contribution is 2.27. The zero-order chi connectivity index (χ0) is 7.72. The third-order valence-corrected chi connectivity index (χ3v) is 1.90. The number of anilines is 1. The smallest absolute Gasteiger partial charge is 0.138 e. The summed E-state index contributed by atoms with van der Waals surface area (Å²) in [4.78, 5) is 0.104. The molecule has 54 valence electrons. The van der Waals surface area contributed by atoms with E-state index in [9.17, 15) is 4.39 Å². The van der Waals surface area contributed by atoms with Crippen molar-refractivity contribution in [1.82, 2.24) is 0 Å². The highest BCUT2D eigenvalue weighted by molar-refractivity contribution is 7.80. The predicted molar refractivity (Wildman–Crippen MR) is 43.1 cm³/mol. The number of hydrogen-bond donors (Lipinski definition) is 2. The molecule has 0 heterocycles.